The van der Waals surface area contributed by atoms with Crippen molar-refractivity contribution < 1.29 is 19.8 Å². The van der Waals surface area contributed by atoms with Crippen LogP contribution in [0.4, 0.5) is 0 Å². The molecule has 0 saturated heterocycles. The van der Waals surface area contributed by atoms with Crippen LogP contribution in [0.2, 0.25) is 0 Å². The van der Waals surface area contributed by atoms with E-state index in [9.17, 15) is 19.8 Å². The minimum absolute atomic E-state index is 0.197. The van der Waals surface area contributed by atoms with Crippen LogP contribution in [-0.2, 0) is 9.59 Å². The number of carbonyl (C=O) groups is 2. The van der Waals surface area contributed by atoms with E-state index in [-0.39, 0.29) is 12.5 Å². The molecule has 0 aliphatic heterocycles. The number of amides is 1. The Kier molecular flexibility index (Phi) is 5.25. The van der Waals surface area contributed by atoms with Crippen LogP contribution in [0.25, 0.3) is 0 Å². The average molecular weight is 297 g/mol. The zero-order valence-corrected chi connectivity index (χ0v) is 12.8. The molecule has 3 atom stereocenters. The summed E-state index contributed by atoms with van der Waals surface area (Å²) in [5.41, 5.74) is -0.796. The fourth-order valence-corrected chi connectivity index (χ4v) is 3.81. The Morgan fingerprint density at radius 2 is 1.76 bits per heavy atom. The Balaban J connectivity index is 1.91. The third-order valence-electron chi connectivity index (χ3n) is 5.27. The molecule has 21 heavy (non-hydrogen) atoms. The van der Waals surface area contributed by atoms with Gasteiger partial charge in [0.1, 0.15) is 0 Å². The number of aliphatic hydroxyl groups is 1. The monoisotopic (exact) mass is 297 g/mol. The van der Waals surface area contributed by atoms with Gasteiger partial charge in [0.05, 0.1) is 17.4 Å². The first kappa shape index (κ1) is 16.3. The topological polar surface area (TPSA) is 86.6 Å². The van der Waals surface area contributed by atoms with Crippen molar-refractivity contribution in [2.45, 2.75) is 63.9 Å². The van der Waals surface area contributed by atoms with E-state index >= 15 is 0 Å². The van der Waals surface area contributed by atoms with E-state index in [4.69, 9.17) is 0 Å². The Morgan fingerprint density at radius 1 is 1.14 bits per heavy atom. The van der Waals surface area contributed by atoms with Gasteiger partial charge >= 0.3 is 5.97 Å². The predicted octanol–water partition coefficient (Wildman–Crippen LogP) is 1.93. The average Bonchev–Trinajstić information content (AvgIpc) is 2.90. The summed E-state index contributed by atoms with van der Waals surface area (Å²) >= 11 is 0. The molecule has 0 aromatic carbocycles. The van der Waals surface area contributed by atoms with Crippen LogP contribution in [0.15, 0.2) is 0 Å². The molecule has 5 heteroatoms. The Hall–Kier alpha value is -1.10. The highest BCUT2D eigenvalue weighted by atomic mass is 16.4. The molecule has 2 aliphatic carbocycles. The van der Waals surface area contributed by atoms with E-state index in [0.29, 0.717) is 18.8 Å². The largest absolute Gasteiger partial charge is 0.481 e. The number of rotatable bonds is 5. The van der Waals surface area contributed by atoms with E-state index in [1.807, 2.05) is 6.92 Å². The van der Waals surface area contributed by atoms with E-state index in [2.05, 4.69) is 5.32 Å². The molecule has 0 aromatic rings. The van der Waals surface area contributed by atoms with Gasteiger partial charge in [-0.3, -0.25) is 9.59 Å². The lowest BCUT2D eigenvalue weighted by Crippen LogP contribution is -2.46. The number of carboxylic acids is 1. The molecule has 3 unspecified atom stereocenters. The molecule has 2 aliphatic rings. The number of nitrogens with one attached hydrogen (secondary N) is 1. The van der Waals surface area contributed by atoms with Gasteiger partial charge in [-0.05, 0) is 31.6 Å². The van der Waals surface area contributed by atoms with Crippen molar-refractivity contribution in [1.82, 2.24) is 5.32 Å². The van der Waals surface area contributed by atoms with Gasteiger partial charge in [-0.15, -0.1) is 0 Å². The Bertz CT molecular complexity index is 390. The number of hydrogen-bond donors (Lipinski definition) is 3. The molecule has 2 rings (SSSR count). The van der Waals surface area contributed by atoms with Gasteiger partial charge in [-0.25, -0.2) is 0 Å². The molecule has 0 radical (unpaired) electrons. The van der Waals surface area contributed by atoms with Crippen molar-refractivity contribution in [2.75, 3.05) is 6.54 Å². The van der Waals surface area contributed by atoms with E-state index in [1.54, 1.807) is 0 Å². The minimum Gasteiger partial charge on any atom is -0.481 e. The summed E-state index contributed by atoms with van der Waals surface area (Å²) in [7, 11) is 0. The van der Waals surface area contributed by atoms with Crippen molar-refractivity contribution >= 4 is 11.9 Å². The predicted molar refractivity (Wildman–Crippen MR) is 78.7 cm³/mol. The van der Waals surface area contributed by atoms with Crippen LogP contribution < -0.4 is 5.32 Å². The van der Waals surface area contributed by atoms with E-state index < -0.39 is 23.4 Å². The molecule has 0 bridgehead atoms. The summed E-state index contributed by atoms with van der Waals surface area (Å²) in [6.07, 6.45) is 6.72. The van der Waals surface area contributed by atoms with E-state index in [1.165, 1.54) is 0 Å². The first-order chi connectivity index (χ1) is 9.95. The Labute approximate surface area is 126 Å². The van der Waals surface area contributed by atoms with Gasteiger partial charge in [0.15, 0.2) is 0 Å². The summed E-state index contributed by atoms with van der Waals surface area (Å²) in [6, 6.07) is 0. The Morgan fingerprint density at radius 3 is 2.33 bits per heavy atom. The zero-order chi connectivity index (χ0) is 15.5. The third-order valence-corrected chi connectivity index (χ3v) is 5.27. The van der Waals surface area contributed by atoms with Crippen molar-refractivity contribution in [3.63, 3.8) is 0 Å². The second kappa shape index (κ2) is 6.77. The van der Waals surface area contributed by atoms with Crippen LogP contribution in [0, 0.1) is 17.8 Å². The molecule has 5 nitrogen and oxygen atoms in total. The third kappa shape index (κ3) is 3.96. The zero-order valence-electron chi connectivity index (χ0n) is 12.8. The van der Waals surface area contributed by atoms with Crippen molar-refractivity contribution in [1.29, 1.82) is 0 Å². The number of carboxylic acid groups (broad SMARTS) is 1. The van der Waals surface area contributed by atoms with Crippen LogP contribution in [0.1, 0.15) is 58.3 Å². The van der Waals surface area contributed by atoms with Crippen molar-refractivity contribution in [3.05, 3.63) is 0 Å². The van der Waals surface area contributed by atoms with Gasteiger partial charge in [-0.2, -0.15) is 0 Å². The van der Waals surface area contributed by atoms with Crippen molar-refractivity contribution in [3.8, 4) is 0 Å². The summed E-state index contributed by atoms with van der Waals surface area (Å²) in [5.74, 6) is -1.77. The van der Waals surface area contributed by atoms with Crippen LogP contribution >= 0.6 is 0 Å². The molecule has 2 saturated carbocycles. The summed E-state index contributed by atoms with van der Waals surface area (Å²) < 4.78 is 0. The maximum absolute atomic E-state index is 12.3. The van der Waals surface area contributed by atoms with Gasteiger partial charge in [0, 0.05) is 6.54 Å². The lowest BCUT2D eigenvalue weighted by molar-refractivity contribution is -0.146. The molecule has 0 aromatic heterocycles. The quantitative estimate of drug-likeness (QED) is 0.723. The molecular formula is C16H27NO4. The molecule has 0 spiro atoms. The first-order valence-electron chi connectivity index (χ1n) is 8.18. The smallest absolute Gasteiger partial charge is 0.307 e. The maximum atomic E-state index is 12.3. The molecule has 0 heterocycles. The number of hydrogen-bond acceptors (Lipinski definition) is 3. The fraction of sp³-hybridized carbons (Fsp3) is 0.875. The lowest BCUT2D eigenvalue weighted by atomic mass is 9.84. The van der Waals surface area contributed by atoms with E-state index in [0.717, 1.165) is 38.5 Å². The standard InChI is InChI=1S/C16H27NO4/c1-2-11-8-12(13(9-11)15(19)20)14(18)17-10-16(21)6-4-3-5-7-16/h11-13,21H,2-10H2,1H3,(H,17,18)(H,19,20). The molecule has 2 fully saturated rings. The van der Waals surface area contributed by atoms with Crippen LogP contribution in [-0.4, -0.2) is 34.2 Å². The molecule has 120 valence electrons. The van der Waals surface area contributed by atoms with Crippen LogP contribution in [0.3, 0.4) is 0 Å². The van der Waals surface area contributed by atoms with Gasteiger partial charge < -0.3 is 15.5 Å². The van der Waals surface area contributed by atoms with Gasteiger partial charge in [0.2, 0.25) is 5.91 Å². The first-order valence-corrected chi connectivity index (χ1v) is 8.18. The minimum atomic E-state index is -0.873. The lowest BCUT2D eigenvalue weighted by Gasteiger charge is -2.32. The van der Waals surface area contributed by atoms with Gasteiger partial charge in [0.25, 0.3) is 0 Å². The molecule has 1 amide bonds. The second-order valence-electron chi connectivity index (χ2n) is 6.80. The van der Waals surface area contributed by atoms with Gasteiger partial charge in [-0.1, -0.05) is 32.6 Å². The SMILES string of the molecule is CCC1CC(C(=O)O)C(C(=O)NCC2(O)CCCCC2)C1. The second-order valence-corrected chi connectivity index (χ2v) is 6.80. The number of carbonyl (C=O) groups excluding carboxylic acids is 1. The highest BCUT2D eigenvalue weighted by molar-refractivity contribution is 5.85. The highest BCUT2D eigenvalue weighted by Gasteiger charge is 2.42. The molecule has 3 N–H and O–H groups in total. The summed E-state index contributed by atoms with van der Waals surface area (Å²) in [5, 5.41) is 22.5. The normalized spacial score (nSPS) is 31.8. The highest BCUT2D eigenvalue weighted by Crippen LogP contribution is 2.38. The maximum Gasteiger partial charge on any atom is 0.307 e. The number of aliphatic carboxylic acids is 1. The van der Waals surface area contributed by atoms with Crippen LogP contribution in [0.5, 0.6) is 0 Å². The summed E-state index contributed by atoms with van der Waals surface area (Å²) in [6.45, 7) is 2.29. The fourth-order valence-electron chi connectivity index (χ4n) is 3.81. The molecular weight excluding hydrogens is 270 g/mol. The van der Waals surface area contributed by atoms with Crippen molar-refractivity contribution in [2.24, 2.45) is 17.8 Å². The summed E-state index contributed by atoms with van der Waals surface area (Å²) in [4.78, 5) is 23.6.